The van der Waals surface area contributed by atoms with Gasteiger partial charge in [0, 0.05) is 50.1 Å². The molecule has 0 N–H and O–H groups in total. The van der Waals surface area contributed by atoms with Crippen LogP contribution in [-0.2, 0) is 20.1 Å². The van der Waals surface area contributed by atoms with Gasteiger partial charge in [0.1, 0.15) is 0 Å². The fourth-order valence-electron chi connectivity index (χ4n) is 2.69. The number of benzene rings is 1. The van der Waals surface area contributed by atoms with E-state index in [1.165, 1.54) is 0 Å². The average Bonchev–Trinajstić information content (AvgIpc) is 3.27. The van der Waals surface area contributed by atoms with Crippen molar-refractivity contribution in [3.8, 4) is 17.4 Å². The van der Waals surface area contributed by atoms with Crippen molar-refractivity contribution < 1.29 is 9.53 Å². The molecule has 8 nitrogen and oxygen atoms in total. The van der Waals surface area contributed by atoms with Gasteiger partial charge in [-0.3, -0.25) is 9.48 Å². The third-order valence-electron chi connectivity index (χ3n) is 4.05. The number of aromatic nitrogens is 5. The highest BCUT2D eigenvalue weighted by molar-refractivity contribution is 5.95. The molecule has 1 amide bonds. The SMILES string of the molecule is CCn1cc(CN(C)C(=O)c2cccc(-c3nc(OC)n(C)n3)c2)cn1. The fraction of sp³-hybridized carbons (Fsp3) is 0.333. The number of hydrogen-bond acceptors (Lipinski definition) is 5. The van der Waals surface area contributed by atoms with Gasteiger partial charge in [-0.05, 0) is 19.1 Å². The summed E-state index contributed by atoms with van der Waals surface area (Å²) in [5.74, 6) is 0.449. The predicted molar refractivity (Wildman–Crippen MR) is 96.7 cm³/mol. The summed E-state index contributed by atoms with van der Waals surface area (Å²) < 4.78 is 8.55. The summed E-state index contributed by atoms with van der Waals surface area (Å²) >= 11 is 0. The molecule has 0 fully saturated rings. The van der Waals surface area contributed by atoms with Crippen molar-refractivity contribution in [2.75, 3.05) is 14.2 Å². The smallest absolute Gasteiger partial charge is 0.314 e. The van der Waals surface area contributed by atoms with Crippen LogP contribution in [0.3, 0.4) is 0 Å². The van der Waals surface area contributed by atoms with Gasteiger partial charge >= 0.3 is 6.01 Å². The van der Waals surface area contributed by atoms with Crippen molar-refractivity contribution in [3.05, 3.63) is 47.8 Å². The predicted octanol–water partition coefficient (Wildman–Crippen LogP) is 1.98. The van der Waals surface area contributed by atoms with Gasteiger partial charge in [0.25, 0.3) is 5.91 Å². The minimum atomic E-state index is -0.0704. The molecule has 8 heteroatoms. The molecular weight excluding hydrogens is 332 g/mol. The van der Waals surface area contributed by atoms with Gasteiger partial charge < -0.3 is 9.64 Å². The van der Waals surface area contributed by atoms with Crippen molar-refractivity contribution in [1.82, 2.24) is 29.4 Å². The topological polar surface area (TPSA) is 78.1 Å². The van der Waals surface area contributed by atoms with Gasteiger partial charge in [0.15, 0.2) is 5.82 Å². The Morgan fingerprint density at radius 3 is 2.81 bits per heavy atom. The Balaban J connectivity index is 1.78. The van der Waals surface area contributed by atoms with E-state index in [2.05, 4.69) is 15.2 Å². The Morgan fingerprint density at radius 2 is 2.15 bits per heavy atom. The second-order valence-electron chi connectivity index (χ2n) is 5.99. The molecule has 0 saturated heterocycles. The number of amides is 1. The Morgan fingerprint density at radius 1 is 1.35 bits per heavy atom. The molecule has 26 heavy (non-hydrogen) atoms. The van der Waals surface area contributed by atoms with Gasteiger partial charge in [-0.15, -0.1) is 5.10 Å². The summed E-state index contributed by atoms with van der Waals surface area (Å²) in [6.07, 6.45) is 3.73. The van der Waals surface area contributed by atoms with Crippen molar-refractivity contribution >= 4 is 5.91 Å². The highest BCUT2D eigenvalue weighted by Gasteiger charge is 2.16. The first-order valence-electron chi connectivity index (χ1n) is 8.34. The summed E-state index contributed by atoms with van der Waals surface area (Å²) in [7, 11) is 5.08. The van der Waals surface area contributed by atoms with E-state index >= 15 is 0 Å². The molecule has 0 aliphatic rings. The summed E-state index contributed by atoms with van der Waals surface area (Å²) in [5.41, 5.74) is 2.34. The molecule has 0 aliphatic heterocycles. The lowest BCUT2D eigenvalue weighted by Gasteiger charge is -2.16. The molecule has 2 heterocycles. The van der Waals surface area contributed by atoms with Gasteiger partial charge in [0.05, 0.1) is 13.3 Å². The molecule has 0 aliphatic carbocycles. The van der Waals surface area contributed by atoms with E-state index in [0.29, 0.717) is 23.9 Å². The molecule has 0 radical (unpaired) electrons. The zero-order valence-corrected chi connectivity index (χ0v) is 15.4. The third-order valence-corrected chi connectivity index (χ3v) is 4.05. The van der Waals surface area contributed by atoms with Crippen LogP contribution >= 0.6 is 0 Å². The number of ether oxygens (including phenoxy) is 1. The normalized spacial score (nSPS) is 10.8. The van der Waals surface area contributed by atoms with Gasteiger partial charge in [0.2, 0.25) is 0 Å². The van der Waals surface area contributed by atoms with Crippen LogP contribution in [0.4, 0.5) is 0 Å². The summed E-state index contributed by atoms with van der Waals surface area (Å²) in [4.78, 5) is 18.8. The second kappa shape index (κ2) is 7.38. The number of carbonyl (C=O) groups excluding carboxylic acids is 1. The van der Waals surface area contributed by atoms with Crippen LogP contribution in [0.2, 0.25) is 0 Å². The lowest BCUT2D eigenvalue weighted by Crippen LogP contribution is -2.26. The maximum atomic E-state index is 12.8. The molecular formula is C18H22N6O2. The second-order valence-corrected chi connectivity index (χ2v) is 5.99. The standard InChI is InChI=1S/C18H22N6O2/c1-5-24-12-13(10-19-24)11-22(2)17(25)15-8-6-7-14(9-15)16-20-18(26-4)23(3)21-16/h6-10,12H,5,11H2,1-4H3. The van der Waals surface area contributed by atoms with Gasteiger partial charge in [-0.2, -0.15) is 10.1 Å². The zero-order chi connectivity index (χ0) is 18.7. The Kier molecular flexibility index (Phi) is 5.01. The van der Waals surface area contributed by atoms with E-state index in [1.807, 2.05) is 29.9 Å². The molecule has 3 rings (SSSR count). The van der Waals surface area contributed by atoms with E-state index in [-0.39, 0.29) is 5.91 Å². The summed E-state index contributed by atoms with van der Waals surface area (Å²) in [6.45, 7) is 3.33. The number of nitrogens with zero attached hydrogens (tertiary/aromatic N) is 6. The highest BCUT2D eigenvalue weighted by Crippen LogP contribution is 2.20. The van der Waals surface area contributed by atoms with E-state index in [0.717, 1.165) is 17.7 Å². The first kappa shape index (κ1) is 17.7. The summed E-state index contributed by atoms with van der Waals surface area (Å²) in [6, 6.07) is 7.70. The van der Waals surface area contributed by atoms with Gasteiger partial charge in [-0.25, -0.2) is 4.68 Å². The molecule has 0 saturated carbocycles. The number of rotatable bonds is 6. The Labute approximate surface area is 152 Å². The van der Waals surface area contributed by atoms with Crippen LogP contribution in [0, 0.1) is 0 Å². The van der Waals surface area contributed by atoms with Crippen LogP contribution in [0.1, 0.15) is 22.8 Å². The molecule has 0 bridgehead atoms. The molecule has 0 unspecified atom stereocenters. The van der Waals surface area contributed by atoms with E-state index in [1.54, 1.807) is 49.1 Å². The van der Waals surface area contributed by atoms with E-state index in [4.69, 9.17) is 4.74 Å². The minimum absolute atomic E-state index is 0.0704. The van der Waals surface area contributed by atoms with Crippen LogP contribution in [0.5, 0.6) is 6.01 Å². The summed E-state index contributed by atoms with van der Waals surface area (Å²) in [5, 5.41) is 8.56. The third kappa shape index (κ3) is 3.58. The Bertz CT molecular complexity index is 914. The van der Waals surface area contributed by atoms with Crippen LogP contribution in [-0.4, -0.2) is 49.5 Å². The average molecular weight is 354 g/mol. The van der Waals surface area contributed by atoms with E-state index < -0.39 is 0 Å². The minimum Gasteiger partial charge on any atom is -0.467 e. The van der Waals surface area contributed by atoms with Crippen LogP contribution in [0.25, 0.3) is 11.4 Å². The fourth-order valence-corrected chi connectivity index (χ4v) is 2.69. The number of aryl methyl sites for hydroxylation is 2. The lowest BCUT2D eigenvalue weighted by molar-refractivity contribution is 0.0785. The van der Waals surface area contributed by atoms with E-state index in [9.17, 15) is 4.79 Å². The maximum Gasteiger partial charge on any atom is 0.314 e. The van der Waals surface area contributed by atoms with Gasteiger partial charge in [-0.1, -0.05) is 12.1 Å². The molecule has 1 aromatic carbocycles. The molecule has 0 spiro atoms. The monoisotopic (exact) mass is 354 g/mol. The Hall–Kier alpha value is -3.16. The molecule has 136 valence electrons. The molecule has 2 aromatic heterocycles. The number of carbonyl (C=O) groups is 1. The zero-order valence-electron chi connectivity index (χ0n) is 15.4. The number of methoxy groups -OCH3 is 1. The van der Waals surface area contributed by atoms with Crippen molar-refractivity contribution in [3.63, 3.8) is 0 Å². The lowest BCUT2D eigenvalue weighted by atomic mass is 10.1. The van der Waals surface area contributed by atoms with Crippen molar-refractivity contribution in [1.29, 1.82) is 0 Å². The van der Waals surface area contributed by atoms with Crippen molar-refractivity contribution in [2.45, 2.75) is 20.0 Å². The van der Waals surface area contributed by atoms with Crippen LogP contribution in [0.15, 0.2) is 36.7 Å². The van der Waals surface area contributed by atoms with Crippen LogP contribution < -0.4 is 4.74 Å². The number of hydrogen-bond donors (Lipinski definition) is 0. The molecule has 0 atom stereocenters. The molecule has 3 aromatic rings. The first-order chi connectivity index (χ1) is 12.5. The van der Waals surface area contributed by atoms with Crippen molar-refractivity contribution in [2.24, 2.45) is 7.05 Å². The quantitative estimate of drug-likeness (QED) is 0.676. The first-order valence-corrected chi connectivity index (χ1v) is 8.34. The maximum absolute atomic E-state index is 12.8. The highest BCUT2D eigenvalue weighted by atomic mass is 16.5. The largest absolute Gasteiger partial charge is 0.467 e.